The topological polar surface area (TPSA) is 37.5 Å². The summed E-state index contributed by atoms with van der Waals surface area (Å²) >= 11 is 0. The minimum absolute atomic E-state index is 0.0779. The van der Waals surface area contributed by atoms with Gasteiger partial charge in [-0.15, -0.1) is 0 Å². The molecule has 1 aliphatic carbocycles. The molecule has 1 N–H and O–H groups in total. The van der Waals surface area contributed by atoms with E-state index >= 15 is 0 Å². The van der Waals surface area contributed by atoms with E-state index in [1.807, 2.05) is 22.8 Å². The third-order valence-electron chi connectivity index (χ3n) is 2.72. The number of nitrogens with zero attached hydrogens (tertiary/aromatic N) is 2. The van der Waals surface area contributed by atoms with Gasteiger partial charge >= 0.3 is 0 Å². The molecule has 1 aliphatic rings. The minimum Gasteiger partial charge on any atom is -0.392 e. The van der Waals surface area contributed by atoms with Crippen molar-refractivity contribution in [3.8, 4) is 0 Å². The van der Waals surface area contributed by atoms with E-state index in [0.717, 1.165) is 11.1 Å². The number of hydrogen-bond donors (Lipinski definition) is 1. The van der Waals surface area contributed by atoms with E-state index in [-0.39, 0.29) is 6.61 Å². The number of aliphatic hydroxyl groups excluding tert-OH is 1. The quantitative estimate of drug-likeness (QED) is 0.779. The van der Waals surface area contributed by atoms with Crippen LogP contribution in [-0.2, 0) is 6.61 Å². The van der Waals surface area contributed by atoms with Gasteiger partial charge in [-0.05, 0) is 30.5 Å². The normalized spacial score (nSPS) is 16.4. The van der Waals surface area contributed by atoms with Crippen molar-refractivity contribution in [1.29, 1.82) is 0 Å². The predicted molar refractivity (Wildman–Crippen MR) is 53.1 cm³/mol. The standard InChI is InChI=1S/C11H12N2O/c14-7-8-1-4-10-5-11(9-2-3-9)12-13(10)6-8/h1,4-6,9,14H,2-3,7H2. The van der Waals surface area contributed by atoms with E-state index in [4.69, 9.17) is 5.11 Å². The highest BCUT2D eigenvalue weighted by molar-refractivity contribution is 5.49. The zero-order chi connectivity index (χ0) is 9.54. The van der Waals surface area contributed by atoms with Crippen LogP contribution < -0.4 is 0 Å². The maximum atomic E-state index is 8.98. The zero-order valence-corrected chi connectivity index (χ0v) is 7.85. The molecule has 0 unspecified atom stereocenters. The van der Waals surface area contributed by atoms with Crippen molar-refractivity contribution in [2.45, 2.75) is 25.4 Å². The summed E-state index contributed by atoms with van der Waals surface area (Å²) in [5.74, 6) is 0.687. The first kappa shape index (κ1) is 8.00. The van der Waals surface area contributed by atoms with Crippen LogP contribution in [0.15, 0.2) is 24.4 Å². The lowest BCUT2D eigenvalue weighted by Crippen LogP contribution is -1.91. The first-order chi connectivity index (χ1) is 6.86. The second kappa shape index (κ2) is 2.82. The average Bonchev–Trinajstić information content (AvgIpc) is 2.97. The molecule has 1 saturated carbocycles. The van der Waals surface area contributed by atoms with E-state index in [9.17, 15) is 0 Å². The molecule has 0 spiro atoms. The van der Waals surface area contributed by atoms with E-state index in [1.165, 1.54) is 18.5 Å². The molecule has 72 valence electrons. The SMILES string of the molecule is OCc1ccc2cc(C3CC3)nn2c1. The average molecular weight is 188 g/mol. The monoisotopic (exact) mass is 188 g/mol. The Labute approximate surface area is 82.0 Å². The van der Waals surface area contributed by atoms with Gasteiger partial charge < -0.3 is 5.11 Å². The van der Waals surface area contributed by atoms with E-state index in [0.29, 0.717) is 5.92 Å². The minimum atomic E-state index is 0.0779. The van der Waals surface area contributed by atoms with Crippen molar-refractivity contribution in [3.63, 3.8) is 0 Å². The number of fused-ring (bicyclic) bond motifs is 1. The maximum Gasteiger partial charge on any atom is 0.0696 e. The number of aromatic nitrogens is 2. The van der Waals surface area contributed by atoms with Gasteiger partial charge in [0.05, 0.1) is 17.8 Å². The fraction of sp³-hybridized carbons (Fsp3) is 0.364. The Bertz CT molecular complexity index is 471. The molecular formula is C11H12N2O. The molecule has 1 fully saturated rings. The van der Waals surface area contributed by atoms with E-state index in [1.54, 1.807) is 0 Å². The van der Waals surface area contributed by atoms with Crippen LogP contribution in [0.1, 0.15) is 30.0 Å². The van der Waals surface area contributed by atoms with Gasteiger partial charge in [-0.1, -0.05) is 6.07 Å². The smallest absolute Gasteiger partial charge is 0.0696 e. The Morgan fingerprint density at radius 1 is 1.43 bits per heavy atom. The molecular weight excluding hydrogens is 176 g/mol. The first-order valence-corrected chi connectivity index (χ1v) is 4.96. The molecule has 3 heteroatoms. The van der Waals surface area contributed by atoms with Crippen LogP contribution in [0, 0.1) is 0 Å². The Kier molecular flexibility index (Phi) is 1.61. The molecule has 0 amide bonds. The lowest BCUT2D eigenvalue weighted by atomic mass is 10.2. The van der Waals surface area contributed by atoms with Crippen molar-refractivity contribution in [1.82, 2.24) is 9.61 Å². The van der Waals surface area contributed by atoms with Crippen molar-refractivity contribution < 1.29 is 5.11 Å². The molecule has 0 radical (unpaired) electrons. The van der Waals surface area contributed by atoms with Gasteiger partial charge in [-0.25, -0.2) is 4.52 Å². The largest absolute Gasteiger partial charge is 0.392 e. The molecule has 2 aromatic heterocycles. The third kappa shape index (κ3) is 1.21. The Morgan fingerprint density at radius 2 is 2.29 bits per heavy atom. The lowest BCUT2D eigenvalue weighted by molar-refractivity contribution is 0.281. The van der Waals surface area contributed by atoms with Gasteiger partial charge in [0.1, 0.15) is 0 Å². The molecule has 0 saturated heterocycles. The van der Waals surface area contributed by atoms with Gasteiger partial charge in [-0.2, -0.15) is 5.10 Å². The number of rotatable bonds is 2. The molecule has 2 heterocycles. The predicted octanol–water partition coefficient (Wildman–Crippen LogP) is 1.70. The summed E-state index contributed by atoms with van der Waals surface area (Å²) in [6.07, 6.45) is 4.44. The van der Waals surface area contributed by atoms with Crippen LogP contribution >= 0.6 is 0 Å². The van der Waals surface area contributed by atoms with Gasteiger partial charge in [0.15, 0.2) is 0 Å². The van der Waals surface area contributed by atoms with Crippen LogP contribution in [0.25, 0.3) is 5.52 Å². The second-order valence-electron chi connectivity index (χ2n) is 3.91. The van der Waals surface area contributed by atoms with E-state index in [2.05, 4.69) is 11.2 Å². The molecule has 14 heavy (non-hydrogen) atoms. The van der Waals surface area contributed by atoms with Gasteiger partial charge in [-0.3, -0.25) is 0 Å². The fourth-order valence-corrected chi connectivity index (χ4v) is 1.72. The van der Waals surface area contributed by atoms with E-state index < -0.39 is 0 Å². The number of hydrogen-bond acceptors (Lipinski definition) is 2. The van der Waals surface area contributed by atoms with Crippen LogP contribution in [0.5, 0.6) is 0 Å². The Morgan fingerprint density at radius 3 is 3.00 bits per heavy atom. The third-order valence-corrected chi connectivity index (χ3v) is 2.72. The van der Waals surface area contributed by atoms with Gasteiger partial charge in [0.25, 0.3) is 0 Å². The summed E-state index contributed by atoms with van der Waals surface area (Å²) in [4.78, 5) is 0. The highest BCUT2D eigenvalue weighted by atomic mass is 16.3. The lowest BCUT2D eigenvalue weighted by Gasteiger charge is -1.96. The highest BCUT2D eigenvalue weighted by Gasteiger charge is 2.26. The van der Waals surface area contributed by atoms with Gasteiger partial charge in [0.2, 0.25) is 0 Å². The molecule has 0 aromatic carbocycles. The maximum absolute atomic E-state index is 8.98. The summed E-state index contributed by atoms with van der Waals surface area (Å²) in [5, 5.41) is 13.5. The second-order valence-corrected chi connectivity index (χ2v) is 3.91. The summed E-state index contributed by atoms with van der Waals surface area (Å²) < 4.78 is 1.86. The summed E-state index contributed by atoms with van der Waals surface area (Å²) in [6.45, 7) is 0.0779. The van der Waals surface area contributed by atoms with Crippen LogP contribution in [-0.4, -0.2) is 14.7 Å². The van der Waals surface area contributed by atoms with Gasteiger partial charge in [0, 0.05) is 12.1 Å². The summed E-state index contributed by atoms with van der Waals surface area (Å²) in [6, 6.07) is 6.08. The fourth-order valence-electron chi connectivity index (χ4n) is 1.72. The van der Waals surface area contributed by atoms with Crippen molar-refractivity contribution >= 4 is 5.52 Å². The van der Waals surface area contributed by atoms with Crippen LogP contribution in [0.2, 0.25) is 0 Å². The van der Waals surface area contributed by atoms with Crippen LogP contribution in [0.3, 0.4) is 0 Å². The number of pyridine rings is 1. The Hall–Kier alpha value is -1.35. The molecule has 3 nitrogen and oxygen atoms in total. The zero-order valence-electron chi connectivity index (χ0n) is 7.85. The molecule has 0 aliphatic heterocycles. The Balaban J connectivity index is 2.12. The highest BCUT2D eigenvalue weighted by Crippen LogP contribution is 2.39. The van der Waals surface area contributed by atoms with Crippen molar-refractivity contribution in [3.05, 3.63) is 35.7 Å². The molecule has 2 aromatic rings. The van der Waals surface area contributed by atoms with Crippen LogP contribution in [0.4, 0.5) is 0 Å². The summed E-state index contributed by atoms with van der Waals surface area (Å²) in [7, 11) is 0. The molecule has 0 atom stereocenters. The molecule has 3 rings (SSSR count). The number of aliphatic hydroxyl groups is 1. The first-order valence-electron chi connectivity index (χ1n) is 4.96. The van der Waals surface area contributed by atoms with Crippen molar-refractivity contribution in [2.24, 2.45) is 0 Å². The summed E-state index contributed by atoms with van der Waals surface area (Å²) in [5.41, 5.74) is 3.21. The molecule has 0 bridgehead atoms. The van der Waals surface area contributed by atoms with Crippen molar-refractivity contribution in [2.75, 3.05) is 0 Å².